The molecule has 1 aliphatic carbocycles. The maximum Gasteiger partial charge on any atom is 0.0620 e. The molecule has 13 rings (SSSR count). The average molecular weight is 881 g/mol. The van der Waals surface area contributed by atoms with Crippen LogP contribution in [0.15, 0.2) is 255 Å². The van der Waals surface area contributed by atoms with Gasteiger partial charge >= 0.3 is 0 Å². The van der Waals surface area contributed by atoms with Crippen LogP contribution in [-0.4, -0.2) is 0 Å². The Labute approximate surface area is 403 Å². The Bertz CT molecular complexity index is 3940. The van der Waals surface area contributed by atoms with Crippen molar-refractivity contribution in [2.75, 3.05) is 9.80 Å². The lowest BCUT2D eigenvalue weighted by Crippen LogP contribution is -2.17. The highest BCUT2D eigenvalue weighted by molar-refractivity contribution is 6.25. The van der Waals surface area contributed by atoms with Crippen LogP contribution in [-0.2, 0) is 5.41 Å². The highest BCUT2D eigenvalue weighted by Gasteiger charge is 2.37. The minimum absolute atomic E-state index is 0.239. The highest BCUT2D eigenvalue weighted by atomic mass is 15.2. The van der Waals surface area contributed by atoms with Gasteiger partial charge in [-0.15, -0.1) is 0 Å². The molecule has 0 radical (unpaired) electrons. The second kappa shape index (κ2) is 16.3. The molecule has 0 atom stereocenters. The zero-order valence-electron chi connectivity index (χ0n) is 38.6. The first-order chi connectivity index (χ1) is 34.0. The van der Waals surface area contributed by atoms with Crippen molar-refractivity contribution < 1.29 is 0 Å². The van der Waals surface area contributed by atoms with E-state index < -0.39 is 0 Å². The molecule has 0 bridgehead atoms. The van der Waals surface area contributed by atoms with Gasteiger partial charge in [-0.05, 0) is 103 Å². The third-order valence-electron chi connectivity index (χ3n) is 14.6. The molecule has 326 valence electrons. The first-order valence-electron chi connectivity index (χ1n) is 24.0. The van der Waals surface area contributed by atoms with Crippen molar-refractivity contribution in [1.29, 1.82) is 0 Å². The van der Waals surface area contributed by atoms with Gasteiger partial charge in [-0.25, -0.2) is 0 Å². The topological polar surface area (TPSA) is 6.48 Å². The quantitative estimate of drug-likeness (QED) is 0.111. The third kappa shape index (κ3) is 6.63. The highest BCUT2D eigenvalue weighted by Crippen LogP contribution is 2.57. The molecule has 0 saturated carbocycles. The van der Waals surface area contributed by atoms with Crippen LogP contribution in [0.2, 0.25) is 0 Å². The number of nitrogens with zero attached hydrogens (tertiary/aromatic N) is 2. The van der Waals surface area contributed by atoms with E-state index in [0.29, 0.717) is 0 Å². The number of fused-ring (bicyclic) bond motifs is 7. The number of para-hydroxylation sites is 2. The lowest BCUT2D eigenvalue weighted by molar-refractivity contribution is 0.661. The number of hydrogen-bond acceptors (Lipinski definition) is 2. The van der Waals surface area contributed by atoms with Crippen molar-refractivity contribution >= 4 is 77.2 Å². The van der Waals surface area contributed by atoms with E-state index in [1.54, 1.807) is 0 Å². The fraction of sp³-hybridized carbons (Fsp3) is 0.0448. The van der Waals surface area contributed by atoms with Crippen molar-refractivity contribution in [2.45, 2.75) is 19.3 Å². The summed E-state index contributed by atoms with van der Waals surface area (Å²) in [6, 6.07) is 94.1. The van der Waals surface area contributed by atoms with Gasteiger partial charge in [0.1, 0.15) is 0 Å². The van der Waals surface area contributed by atoms with Crippen LogP contribution in [0.1, 0.15) is 25.0 Å². The van der Waals surface area contributed by atoms with Gasteiger partial charge in [-0.1, -0.05) is 220 Å². The summed E-state index contributed by atoms with van der Waals surface area (Å²) >= 11 is 0. The Morgan fingerprint density at radius 2 is 0.681 bits per heavy atom. The summed E-state index contributed by atoms with van der Waals surface area (Å²) in [6.45, 7) is 4.79. The van der Waals surface area contributed by atoms with Crippen LogP contribution >= 0.6 is 0 Å². The van der Waals surface area contributed by atoms with E-state index in [4.69, 9.17) is 0 Å². The first-order valence-corrected chi connectivity index (χ1v) is 24.0. The zero-order valence-corrected chi connectivity index (χ0v) is 38.6. The second-order valence-electron chi connectivity index (χ2n) is 18.9. The van der Waals surface area contributed by atoms with Crippen molar-refractivity contribution in [3.63, 3.8) is 0 Å². The Morgan fingerprint density at radius 1 is 0.275 bits per heavy atom. The van der Waals surface area contributed by atoms with Gasteiger partial charge in [0.05, 0.1) is 22.7 Å². The number of hydrogen-bond donors (Lipinski definition) is 0. The minimum Gasteiger partial charge on any atom is -0.309 e. The molecule has 12 aromatic rings. The number of anilines is 6. The molecular formula is C67H48N2. The molecule has 69 heavy (non-hydrogen) atoms. The van der Waals surface area contributed by atoms with Gasteiger partial charge in [0.2, 0.25) is 0 Å². The third-order valence-corrected chi connectivity index (χ3v) is 14.6. The van der Waals surface area contributed by atoms with E-state index in [2.05, 4.69) is 278 Å². The van der Waals surface area contributed by atoms with E-state index in [0.717, 1.165) is 56.0 Å². The zero-order chi connectivity index (χ0) is 46.1. The van der Waals surface area contributed by atoms with Crippen LogP contribution in [0.3, 0.4) is 0 Å². The van der Waals surface area contributed by atoms with Crippen molar-refractivity contribution in [1.82, 2.24) is 0 Å². The van der Waals surface area contributed by atoms with Gasteiger partial charge in [0.15, 0.2) is 0 Å². The summed E-state index contributed by atoms with van der Waals surface area (Å²) in [7, 11) is 0. The van der Waals surface area contributed by atoms with Crippen molar-refractivity contribution in [3.05, 3.63) is 266 Å². The maximum absolute atomic E-state index is 2.56. The van der Waals surface area contributed by atoms with Crippen LogP contribution in [0.4, 0.5) is 34.1 Å². The minimum atomic E-state index is -0.239. The van der Waals surface area contributed by atoms with E-state index >= 15 is 0 Å². The van der Waals surface area contributed by atoms with Gasteiger partial charge in [-0.2, -0.15) is 0 Å². The van der Waals surface area contributed by atoms with E-state index in [-0.39, 0.29) is 5.41 Å². The molecule has 0 unspecified atom stereocenters. The Balaban J connectivity index is 1.22. The fourth-order valence-electron chi connectivity index (χ4n) is 11.3. The number of rotatable bonds is 8. The van der Waals surface area contributed by atoms with Crippen LogP contribution < -0.4 is 9.80 Å². The summed E-state index contributed by atoms with van der Waals surface area (Å²) in [5.74, 6) is 0. The SMILES string of the molecule is CC1(C)c2ccccc2-c2cc3c(N(c4ccc5ccccc5c4)c4ccccc4-c4ccccc4)c4ccccc4c(N(c4ccc5ccccc5c4)c4ccccc4-c4ccccc4)c3cc21. The fourth-order valence-corrected chi connectivity index (χ4v) is 11.3. The lowest BCUT2D eigenvalue weighted by Gasteiger charge is -2.35. The van der Waals surface area contributed by atoms with E-state index in [9.17, 15) is 0 Å². The largest absolute Gasteiger partial charge is 0.309 e. The summed E-state index contributed by atoms with van der Waals surface area (Å²) < 4.78 is 0. The summed E-state index contributed by atoms with van der Waals surface area (Å²) in [5, 5.41) is 9.48. The molecule has 2 nitrogen and oxygen atoms in total. The monoisotopic (exact) mass is 880 g/mol. The molecular weight excluding hydrogens is 833 g/mol. The van der Waals surface area contributed by atoms with E-state index in [1.807, 2.05) is 0 Å². The molecule has 1 aliphatic rings. The molecule has 0 fully saturated rings. The van der Waals surface area contributed by atoms with E-state index in [1.165, 1.54) is 65.7 Å². The molecule has 0 spiro atoms. The van der Waals surface area contributed by atoms with Gasteiger partial charge in [0.25, 0.3) is 0 Å². The maximum atomic E-state index is 2.56. The molecule has 2 heteroatoms. The summed E-state index contributed by atoms with van der Waals surface area (Å²) in [6.07, 6.45) is 0. The van der Waals surface area contributed by atoms with Gasteiger partial charge in [-0.3, -0.25) is 0 Å². The number of benzene rings is 12. The molecule has 0 aliphatic heterocycles. The lowest BCUT2D eigenvalue weighted by atomic mass is 9.81. The molecule has 0 amide bonds. The van der Waals surface area contributed by atoms with Crippen LogP contribution in [0, 0.1) is 0 Å². The normalized spacial score (nSPS) is 12.6. The Morgan fingerprint density at radius 3 is 1.20 bits per heavy atom. The van der Waals surface area contributed by atoms with Crippen LogP contribution in [0.25, 0.3) is 76.5 Å². The Hall–Kier alpha value is -8.72. The van der Waals surface area contributed by atoms with Gasteiger partial charge in [0, 0.05) is 49.5 Å². The average Bonchev–Trinajstić information content (AvgIpc) is 3.64. The van der Waals surface area contributed by atoms with Gasteiger partial charge < -0.3 is 9.80 Å². The summed E-state index contributed by atoms with van der Waals surface area (Å²) in [4.78, 5) is 5.11. The van der Waals surface area contributed by atoms with Crippen molar-refractivity contribution in [3.8, 4) is 33.4 Å². The second-order valence-corrected chi connectivity index (χ2v) is 18.9. The molecule has 12 aromatic carbocycles. The molecule has 0 aromatic heterocycles. The molecule has 0 N–H and O–H groups in total. The van der Waals surface area contributed by atoms with Crippen molar-refractivity contribution in [2.24, 2.45) is 0 Å². The predicted octanol–water partition coefficient (Wildman–Crippen LogP) is 18.9. The standard InChI is InChI=1S/C67H48N2/c1-67(2)61-34-18-15-31-55(61)58-43-59-60(44-62(58)67)66(69(52-40-38-46-22-10-12-28-50(46)42-52)64-36-20-17-30-54(64)48-25-7-4-8-26-48)57-33-14-13-32-56(57)65(59)68(51-39-37-45-21-9-11-27-49(45)41-51)63-35-19-16-29-53(63)47-23-5-3-6-24-47/h3-44H,1-2H3. The first kappa shape index (κ1) is 40.5. The van der Waals surface area contributed by atoms with Crippen LogP contribution in [0.5, 0.6) is 0 Å². The molecule has 0 heterocycles. The smallest absolute Gasteiger partial charge is 0.0620 e. The summed E-state index contributed by atoms with van der Waals surface area (Å²) in [5.41, 5.74) is 16.4. The Kier molecular flexibility index (Phi) is 9.55. The predicted molar refractivity (Wildman–Crippen MR) is 294 cm³/mol. The molecule has 0 saturated heterocycles.